The lowest BCUT2D eigenvalue weighted by atomic mass is 9.90. The molecule has 0 aromatic heterocycles. The van der Waals surface area contributed by atoms with E-state index in [-0.39, 0.29) is 5.41 Å². The maximum atomic E-state index is 11.2. The van der Waals surface area contributed by atoms with Gasteiger partial charge in [-0.2, -0.15) is 0 Å². The summed E-state index contributed by atoms with van der Waals surface area (Å²) in [5.41, 5.74) is 0.289. The van der Waals surface area contributed by atoms with Gasteiger partial charge in [-0.15, -0.1) is 0 Å². The van der Waals surface area contributed by atoms with Crippen LogP contribution in [0.2, 0.25) is 0 Å². The Balaban J connectivity index is 2.61. The Hall–Kier alpha value is -0.330. The molecule has 1 rings (SSSR count). The van der Waals surface area contributed by atoms with Gasteiger partial charge in [-0.05, 0) is 18.3 Å². The zero-order chi connectivity index (χ0) is 7.78. The maximum absolute atomic E-state index is 11.2. The quantitative estimate of drug-likeness (QED) is 0.546. The lowest BCUT2D eigenvalue weighted by Crippen LogP contribution is -2.04. The largest absolute Gasteiger partial charge is 0.299 e. The van der Waals surface area contributed by atoms with Gasteiger partial charge in [0.2, 0.25) is 0 Å². The van der Waals surface area contributed by atoms with Crippen LogP contribution < -0.4 is 0 Å². The fourth-order valence-corrected chi connectivity index (χ4v) is 1.84. The molecular weight excluding hydrogens is 124 g/mol. The van der Waals surface area contributed by atoms with Crippen molar-refractivity contribution in [1.29, 1.82) is 0 Å². The molecule has 0 aliphatic heterocycles. The summed E-state index contributed by atoms with van der Waals surface area (Å²) in [4.78, 5) is 11.2. The van der Waals surface area contributed by atoms with Crippen LogP contribution in [0.3, 0.4) is 0 Å². The van der Waals surface area contributed by atoms with Crippen molar-refractivity contribution >= 4 is 5.78 Å². The third-order valence-electron chi connectivity index (χ3n) is 2.40. The van der Waals surface area contributed by atoms with Gasteiger partial charge in [0.15, 0.2) is 0 Å². The number of carbonyl (C=O) groups is 1. The fraction of sp³-hybridized carbons (Fsp3) is 0.889. The van der Waals surface area contributed by atoms with Gasteiger partial charge in [-0.1, -0.05) is 20.8 Å². The first-order valence-corrected chi connectivity index (χ1v) is 4.08. The zero-order valence-corrected chi connectivity index (χ0v) is 7.11. The highest BCUT2D eigenvalue weighted by Crippen LogP contribution is 2.39. The molecule has 1 nitrogen and oxygen atoms in total. The predicted molar refractivity (Wildman–Crippen MR) is 41.8 cm³/mol. The summed E-state index contributed by atoms with van der Waals surface area (Å²) in [5, 5.41) is 0. The van der Waals surface area contributed by atoms with Crippen LogP contribution in [0.25, 0.3) is 0 Å². The van der Waals surface area contributed by atoms with E-state index in [9.17, 15) is 4.79 Å². The second-order valence-corrected chi connectivity index (χ2v) is 4.12. The average Bonchev–Trinajstić information content (AvgIpc) is 2.05. The summed E-state index contributed by atoms with van der Waals surface area (Å²) in [6.45, 7) is 6.46. The highest BCUT2D eigenvalue weighted by Gasteiger charge is 2.36. The molecule has 0 aromatic carbocycles. The Kier molecular flexibility index (Phi) is 1.84. The summed E-state index contributed by atoms with van der Waals surface area (Å²) in [5.74, 6) is 0.850. The number of hydrogen-bond acceptors (Lipinski definition) is 1. The van der Waals surface area contributed by atoms with Gasteiger partial charge in [0.25, 0.3) is 0 Å². The van der Waals surface area contributed by atoms with E-state index in [2.05, 4.69) is 20.8 Å². The van der Waals surface area contributed by atoms with E-state index < -0.39 is 0 Å². The second-order valence-electron chi connectivity index (χ2n) is 4.12. The topological polar surface area (TPSA) is 17.1 Å². The zero-order valence-electron chi connectivity index (χ0n) is 7.11. The van der Waals surface area contributed by atoms with Gasteiger partial charge in [0.05, 0.1) is 0 Å². The molecule has 0 aromatic rings. The minimum atomic E-state index is 0.289. The van der Waals surface area contributed by atoms with Gasteiger partial charge >= 0.3 is 0 Å². The van der Waals surface area contributed by atoms with Gasteiger partial charge in [0.1, 0.15) is 5.78 Å². The normalized spacial score (nSPS) is 31.1. The molecule has 0 saturated heterocycles. The summed E-state index contributed by atoms with van der Waals surface area (Å²) in [7, 11) is 0. The summed E-state index contributed by atoms with van der Waals surface area (Å²) in [6.07, 6.45) is 2.93. The van der Waals surface area contributed by atoms with Crippen molar-refractivity contribution in [3.63, 3.8) is 0 Å². The number of ketones is 1. The van der Waals surface area contributed by atoms with Crippen LogP contribution in [0.4, 0.5) is 0 Å². The smallest absolute Gasteiger partial charge is 0.136 e. The highest BCUT2D eigenvalue weighted by atomic mass is 16.1. The third-order valence-corrected chi connectivity index (χ3v) is 2.40. The molecule has 0 radical (unpaired) electrons. The standard InChI is InChI=1S/C9H16O/c1-4-7-5-9(2,3)6-8(7)10/h7H,4-6H2,1-3H3. The molecule has 1 fully saturated rings. The Bertz CT molecular complexity index is 147. The van der Waals surface area contributed by atoms with Gasteiger partial charge in [-0.25, -0.2) is 0 Å². The number of Topliss-reactive ketones (excluding diaryl/α,β-unsaturated/α-hetero) is 1. The van der Waals surface area contributed by atoms with E-state index in [0.717, 1.165) is 19.3 Å². The molecule has 0 amide bonds. The van der Waals surface area contributed by atoms with Crippen LogP contribution in [0, 0.1) is 11.3 Å². The Morgan fingerprint density at radius 1 is 1.60 bits per heavy atom. The van der Waals surface area contributed by atoms with Gasteiger partial charge < -0.3 is 0 Å². The Morgan fingerprint density at radius 3 is 2.40 bits per heavy atom. The van der Waals surface area contributed by atoms with Crippen LogP contribution in [0.1, 0.15) is 40.0 Å². The number of carbonyl (C=O) groups excluding carboxylic acids is 1. The van der Waals surface area contributed by atoms with E-state index in [1.165, 1.54) is 0 Å². The van der Waals surface area contributed by atoms with Crippen molar-refractivity contribution in [2.24, 2.45) is 11.3 Å². The SMILES string of the molecule is CCC1CC(C)(C)CC1=O. The van der Waals surface area contributed by atoms with Crippen molar-refractivity contribution in [3.8, 4) is 0 Å². The van der Waals surface area contributed by atoms with Crippen molar-refractivity contribution in [2.45, 2.75) is 40.0 Å². The number of hydrogen-bond donors (Lipinski definition) is 0. The molecule has 0 N–H and O–H groups in total. The lowest BCUT2D eigenvalue weighted by molar-refractivity contribution is -0.121. The van der Waals surface area contributed by atoms with Crippen molar-refractivity contribution < 1.29 is 4.79 Å². The Morgan fingerprint density at radius 2 is 2.20 bits per heavy atom. The van der Waals surface area contributed by atoms with E-state index >= 15 is 0 Å². The highest BCUT2D eigenvalue weighted by molar-refractivity contribution is 5.83. The van der Waals surface area contributed by atoms with Crippen LogP contribution in [0.5, 0.6) is 0 Å². The first-order valence-electron chi connectivity index (χ1n) is 4.08. The molecule has 1 unspecified atom stereocenters. The molecular formula is C9H16O. The third kappa shape index (κ3) is 1.39. The van der Waals surface area contributed by atoms with Crippen molar-refractivity contribution in [1.82, 2.24) is 0 Å². The second kappa shape index (κ2) is 2.37. The summed E-state index contributed by atoms with van der Waals surface area (Å²) in [6, 6.07) is 0. The van der Waals surface area contributed by atoms with E-state index in [0.29, 0.717) is 11.7 Å². The molecule has 10 heavy (non-hydrogen) atoms. The lowest BCUT2D eigenvalue weighted by Gasteiger charge is -2.14. The van der Waals surface area contributed by atoms with E-state index in [4.69, 9.17) is 0 Å². The molecule has 1 aliphatic rings. The van der Waals surface area contributed by atoms with Crippen LogP contribution >= 0.6 is 0 Å². The van der Waals surface area contributed by atoms with Gasteiger partial charge in [-0.3, -0.25) is 4.79 Å². The summed E-state index contributed by atoms with van der Waals surface area (Å²) < 4.78 is 0. The summed E-state index contributed by atoms with van der Waals surface area (Å²) >= 11 is 0. The predicted octanol–water partition coefficient (Wildman–Crippen LogP) is 2.40. The average molecular weight is 140 g/mol. The molecule has 0 heterocycles. The van der Waals surface area contributed by atoms with Crippen LogP contribution in [-0.4, -0.2) is 5.78 Å². The maximum Gasteiger partial charge on any atom is 0.136 e. The van der Waals surface area contributed by atoms with Crippen LogP contribution in [0.15, 0.2) is 0 Å². The first kappa shape index (κ1) is 7.77. The first-order chi connectivity index (χ1) is 4.55. The molecule has 0 spiro atoms. The molecule has 58 valence electrons. The minimum absolute atomic E-state index is 0.289. The monoisotopic (exact) mass is 140 g/mol. The number of rotatable bonds is 1. The molecule has 1 heteroatoms. The van der Waals surface area contributed by atoms with E-state index in [1.54, 1.807) is 0 Å². The Labute approximate surface area is 62.8 Å². The van der Waals surface area contributed by atoms with E-state index in [1.807, 2.05) is 0 Å². The fourth-order valence-electron chi connectivity index (χ4n) is 1.84. The molecule has 1 atom stereocenters. The van der Waals surface area contributed by atoms with Gasteiger partial charge in [0, 0.05) is 12.3 Å². The molecule has 1 aliphatic carbocycles. The molecule has 0 bridgehead atoms. The van der Waals surface area contributed by atoms with Crippen molar-refractivity contribution in [3.05, 3.63) is 0 Å². The minimum Gasteiger partial charge on any atom is -0.299 e. The van der Waals surface area contributed by atoms with Crippen molar-refractivity contribution in [2.75, 3.05) is 0 Å². The van der Waals surface area contributed by atoms with Crippen LogP contribution in [-0.2, 0) is 4.79 Å². The molecule has 1 saturated carbocycles.